The van der Waals surface area contributed by atoms with Crippen LogP contribution in [-0.2, 0) is 14.3 Å². The van der Waals surface area contributed by atoms with E-state index in [4.69, 9.17) is 4.74 Å². The standard InChI is InChI=1S/C10H12N2O4/c1-16-7(13)6-4-2-5(6)10(3-4)8(14)11-9(15)12-10/h4-6H,2-3H2,1H3,(H2,11,12,14,15)/t4-,5-,6-,10-/m0/s1. The minimum Gasteiger partial charge on any atom is -0.469 e. The third-order valence-electron chi connectivity index (χ3n) is 4.16. The summed E-state index contributed by atoms with van der Waals surface area (Å²) in [5.41, 5.74) is -0.847. The van der Waals surface area contributed by atoms with Crippen LogP contribution in [0.2, 0.25) is 0 Å². The first-order chi connectivity index (χ1) is 7.58. The summed E-state index contributed by atoms with van der Waals surface area (Å²) in [6, 6.07) is -0.457. The fraction of sp³-hybridized carbons (Fsp3) is 0.700. The van der Waals surface area contributed by atoms with Crippen LogP contribution in [0, 0.1) is 17.8 Å². The van der Waals surface area contributed by atoms with Crippen molar-refractivity contribution >= 4 is 17.9 Å². The molecule has 16 heavy (non-hydrogen) atoms. The van der Waals surface area contributed by atoms with Crippen LogP contribution < -0.4 is 10.6 Å². The molecule has 0 aromatic rings. The molecule has 4 aliphatic rings. The molecule has 1 spiro atoms. The van der Waals surface area contributed by atoms with E-state index in [0.717, 1.165) is 6.42 Å². The fourth-order valence-corrected chi connectivity index (χ4v) is 3.44. The second-order valence-corrected chi connectivity index (χ2v) is 4.73. The van der Waals surface area contributed by atoms with Crippen molar-refractivity contribution in [3.05, 3.63) is 0 Å². The van der Waals surface area contributed by atoms with Gasteiger partial charge < -0.3 is 10.1 Å². The Hall–Kier alpha value is -1.59. The monoisotopic (exact) mass is 224 g/mol. The number of amides is 3. The molecule has 6 nitrogen and oxygen atoms in total. The first-order valence-electron chi connectivity index (χ1n) is 5.30. The molecular weight excluding hydrogens is 212 g/mol. The summed E-state index contributed by atoms with van der Waals surface area (Å²) in [6.45, 7) is 0. The van der Waals surface area contributed by atoms with Crippen LogP contribution in [0.1, 0.15) is 12.8 Å². The summed E-state index contributed by atoms with van der Waals surface area (Å²) < 4.78 is 4.72. The van der Waals surface area contributed by atoms with Crippen LogP contribution in [-0.4, -0.2) is 30.6 Å². The van der Waals surface area contributed by atoms with Crippen molar-refractivity contribution in [2.75, 3.05) is 7.11 Å². The summed E-state index contributed by atoms with van der Waals surface area (Å²) in [4.78, 5) is 34.4. The Morgan fingerprint density at radius 3 is 2.81 bits per heavy atom. The highest BCUT2D eigenvalue weighted by Crippen LogP contribution is 2.60. The zero-order chi connectivity index (χ0) is 11.5. The van der Waals surface area contributed by atoms with Gasteiger partial charge in [0.2, 0.25) is 0 Å². The number of carbonyl (C=O) groups is 3. The van der Waals surface area contributed by atoms with Gasteiger partial charge in [-0.1, -0.05) is 0 Å². The number of urea groups is 1. The highest BCUT2D eigenvalue weighted by Gasteiger charge is 2.70. The minimum atomic E-state index is -0.847. The molecular formula is C10H12N2O4. The number of methoxy groups -OCH3 is 1. The molecule has 6 heteroatoms. The molecule has 4 fully saturated rings. The van der Waals surface area contributed by atoms with Gasteiger partial charge in [-0.3, -0.25) is 14.9 Å². The van der Waals surface area contributed by atoms with Gasteiger partial charge in [-0.05, 0) is 18.8 Å². The number of hydrogen-bond acceptors (Lipinski definition) is 4. The lowest BCUT2D eigenvalue weighted by Crippen LogP contribution is -2.52. The SMILES string of the molecule is COC(=O)[C@H]1[C@H]2C[C@@H]1[C@]1(C2)NC(=O)NC1=O. The molecule has 1 heterocycles. The third kappa shape index (κ3) is 0.898. The Morgan fingerprint density at radius 2 is 2.25 bits per heavy atom. The molecule has 0 unspecified atom stereocenters. The van der Waals surface area contributed by atoms with Gasteiger partial charge in [-0.15, -0.1) is 0 Å². The number of nitrogens with one attached hydrogen (secondary N) is 2. The summed E-state index contributed by atoms with van der Waals surface area (Å²) in [5.74, 6) is -0.726. The zero-order valence-corrected chi connectivity index (χ0v) is 8.78. The maximum absolute atomic E-state index is 11.8. The number of carbonyl (C=O) groups excluding carboxylic acids is 3. The predicted octanol–water partition coefficient (Wildman–Crippen LogP) is -0.606. The van der Waals surface area contributed by atoms with Crippen LogP contribution in [0.3, 0.4) is 0 Å². The molecule has 1 aliphatic heterocycles. The summed E-state index contributed by atoms with van der Waals surface area (Å²) in [7, 11) is 1.35. The van der Waals surface area contributed by atoms with E-state index in [0.29, 0.717) is 6.42 Å². The average Bonchev–Trinajstić information content (AvgIpc) is 2.79. The number of esters is 1. The van der Waals surface area contributed by atoms with E-state index in [-0.39, 0.29) is 29.6 Å². The first-order valence-corrected chi connectivity index (χ1v) is 5.30. The van der Waals surface area contributed by atoms with Gasteiger partial charge in [-0.2, -0.15) is 0 Å². The van der Waals surface area contributed by atoms with Crippen LogP contribution in [0.5, 0.6) is 0 Å². The Balaban J connectivity index is 1.90. The lowest BCUT2D eigenvalue weighted by molar-refractivity contribution is -0.153. The number of rotatable bonds is 1. The largest absolute Gasteiger partial charge is 0.469 e. The smallest absolute Gasteiger partial charge is 0.322 e. The van der Waals surface area contributed by atoms with E-state index in [1.165, 1.54) is 7.11 Å². The molecule has 1 saturated heterocycles. The maximum atomic E-state index is 11.8. The van der Waals surface area contributed by atoms with E-state index < -0.39 is 11.6 Å². The van der Waals surface area contributed by atoms with Crippen LogP contribution in [0.4, 0.5) is 4.79 Å². The Bertz CT molecular complexity index is 408. The number of hydrogen-bond donors (Lipinski definition) is 2. The van der Waals surface area contributed by atoms with Gasteiger partial charge in [0.15, 0.2) is 0 Å². The highest BCUT2D eigenvalue weighted by molar-refractivity contribution is 6.08. The number of imide groups is 1. The predicted molar refractivity (Wildman–Crippen MR) is 51.1 cm³/mol. The van der Waals surface area contributed by atoms with Gasteiger partial charge in [0.1, 0.15) is 5.54 Å². The number of ether oxygens (including phenoxy) is 1. The molecule has 0 aromatic carbocycles. The van der Waals surface area contributed by atoms with Crippen molar-refractivity contribution in [2.45, 2.75) is 18.4 Å². The molecule has 3 amide bonds. The maximum Gasteiger partial charge on any atom is 0.322 e. The Morgan fingerprint density at radius 1 is 1.50 bits per heavy atom. The molecule has 4 rings (SSSR count). The minimum absolute atomic E-state index is 0.101. The summed E-state index contributed by atoms with van der Waals surface area (Å²) in [5, 5.41) is 4.92. The van der Waals surface area contributed by atoms with E-state index >= 15 is 0 Å². The molecule has 3 saturated carbocycles. The Labute approximate surface area is 91.7 Å². The lowest BCUT2D eigenvalue weighted by Gasteiger charge is -2.36. The fourth-order valence-electron chi connectivity index (χ4n) is 3.44. The normalized spacial score (nSPS) is 43.9. The Kier molecular flexibility index (Phi) is 1.65. The molecule has 3 aliphatic carbocycles. The second-order valence-electron chi connectivity index (χ2n) is 4.73. The van der Waals surface area contributed by atoms with Gasteiger partial charge in [-0.25, -0.2) is 4.79 Å². The quantitative estimate of drug-likeness (QED) is 0.460. The molecule has 0 radical (unpaired) electrons. The molecule has 2 N–H and O–H groups in total. The van der Waals surface area contributed by atoms with Crippen LogP contribution in [0.25, 0.3) is 0 Å². The van der Waals surface area contributed by atoms with Gasteiger partial charge >= 0.3 is 12.0 Å². The van der Waals surface area contributed by atoms with Gasteiger partial charge in [0.05, 0.1) is 13.0 Å². The second kappa shape index (κ2) is 2.75. The van der Waals surface area contributed by atoms with Crippen LogP contribution in [0.15, 0.2) is 0 Å². The van der Waals surface area contributed by atoms with Crippen molar-refractivity contribution in [3.8, 4) is 0 Å². The van der Waals surface area contributed by atoms with Crippen molar-refractivity contribution in [1.29, 1.82) is 0 Å². The van der Waals surface area contributed by atoms with E-state index in [9.17, 15) is 14.4 Å². The van der Waals surface area contributed by atoms with E-state index in [1.54, 1.807) is 0 Å². The molecule has 2 bridgehead atoms. The molecule has 86 valence electrons. The van der Waals surface area contributed by atoms with Crippen molar-refractivity contribution < 1.29 is 19.1 Å². The van der Waals surface area contributed by atoms with E-state index in [1.807, 2.05) is 0 Å². The van der Waals surface area contributed by atoms with Gasteiger partial charge in [0, 0.05) is 5.92 Å². The third-order valence-corrected chi connectivity index (χ3v) is 4.16. The molecule has 0 aromatic heterocycles. The average molecular weight is 224 g/mol. The zero-order valence-electron chi connectivity index (χ0n) is 8.78. The lowest BCUT2D eigenvalue weighted by atomic mass is 9.69. The van der Waals surface area contributed by atoms with Gasteiger partial charge in [0.25, 0.3) is 5.91 Å². The summed E-state index contributed by atoms with van der Waals surface area (Å²) >= 11 is 0. The van der Waals surface area contributed by atoms with Crippen molar-refractivity contribution in [3.63, 3.8) is 0 Å². The first kappa shape index (κ1) is 9.62. The summed E-state index contributed by atoms with van der Waals surface area (Å²) in [6.07, 6.45) is 1.36. The molecule has 4 atom stereocenters. The van der Waals surface area contributed by atoms with Crippen molar-refractivity contribution in [1.82, 2.24) is 10.6 Å². The van der Waals surface area contributed by atoms with Crippen molar-refractivity contribution in [2.24, 2.45) is 17.8 Å². The topological polar surface area (TPSA) is 84.5 Å². The van der Waals surface area contributed by atoms with Crippen LogP contribution >= 0.6 is 0 Å². The highest BCUT2D eigenvalue weighted by atomic mass is 16.5. The van der Waals surface area contributed by atoms with E-state index in [2.05, 4.69) is 10.6 Å².